The van der Waals surface area contributed by atoms with Gasteiger partial charge >= 0.3 is 5.97 Å². The number of rotatable bonds is 9. The first-order valence-electron chi connectivity index (χ1n) is 11.8. The Hall–Kier alpha value is -4.13. The molecule has 0 radical (unpaired) electrons. The van der Waals surface area contributed by atoms with E-state index < -0.39 is 24.5 Å². The Bertz CT molecular complexity index is 1130. The van der Waals surface area contributed by atoms with Gasteiger partial charge in [0.15, 0.2) is 6.61 Å². The second-order valence-electron chi connectivity index (χ2n) is 8.46. The molecule has 7 nitrogen and oxygen atoms in total. The van der Waals surface area contributed by atoms with Gasteiger partial charge < -0.3 is 20.3 Å². The van der Waals surface area contributed by atoms with Crippen LogP contribution >= 0.6 is 0 Å². The van der Waals surface area contributed by atoms with Crippen LogP contribution in [0.5, 0.6) is 0 Å². The standard InChI is InChI=1S/C28H29N3O4/c32-26(29-23-13-15-24(16-14-23)31-17-7-8-18-31)20-35-27(33)19-25(21-9-3-1-4-10-21)30-28(34)22-11-5-2-6-12-22/h1-6,9-16,25H,7-8,17-20H2,(H,29,32)(H,30,34). The van der Waals surface area contributed by atoms with Crippen LogP contribution in [0.1, 0.15) is 41.2 Å². The van der Waals surface area contributed by atoms with E-state index in [9.17, 15) is 14.4 Å². The zero-order valence-corrected chi connectivity index (χ0v) is 19.5. The van der Waals surface area contributed by atoms with Crippen LogP contribution in [0.15, 0.2) is 84.9 Å². The van der Waals surface area contributed by atoms with Crippen LogP contribution in [0.4, 0.5) is 11.4 Å². The summed E-state index contributed by atoms with van der Waals surface area (Å²) in [4.78, 5) is 39.8. The molecule has 2 N–H and O–H groups in total. The second-order valence-corrected chi connectivity index (χ2v) is 8.46. The summed E-state index contributed by atoms with van der Waals surface area (Å²) in [6, 6.07) is 25.1. The summed E-state index contributed by atoms with van der Waals surface area (Å²) in [5, 5.41) is 5.64. The van der Waals surface area contributed by atoms with Gasteiger partial charge in [-0.2, -0.15) is 0 Å². The molecule has 1 heterocycles. The molecule has 4 rings (SSSR count). The van der Waals surface area contributed by atoms with Crippen LogP contribution in [0.3, 0.4) is 0 Å². The van der Waals surface area contributed by atoms with Crippen LogP contribution < -0.4 is 15.5 Å². The molecule has 1 aliphatic heterocycles. The molecule has 1 atom stereocenters. The van der Waals surface area contributed by atoms with Crippen LogP contribution in [0.2, 0.25) is 0 Å². The lowest BCUT2D eigenvalue weighted by Crippen LogP contribution is -2.31. The third kappa shape index (κ3) is 6.93. The van der Waals surface area contributed by atoms with Gasteiger partial charge in [-0.15, -0.1) is 0 Å². The molecule has 1 saturated heterocycles. The summed E-state index contributed by atoms with van der Waals surface area (Å²) in [6.07, 6.45) is 2.30. The summed E-state index contributed by atoms with van der Waals surface area (Å²) >= 11 is 0. The Morgan fingerprint density at radius 1 is 0.829 bits per heavy atom. The quantitative estimate of drug-likeness (QED) is 0.454. The Morgan fingerprint density at radius 2 is 1.46 bits per heavy atom. The van der Waals surface area contributed by atoms with E-state index in [4.69, 9.17) is 4.74 Å². The molecule has 1 aliphatic rings. The molecule has 180 valence electrons. The number of benzene rings is 3. The minimum absolute atomic E-state index is 0.0968. The fourth-order valence-electron chi connectivity index (χ4n) is 4.07. The van der Waals surface area contributed by atoms with Crippen molar-refractivity contribution in [2.45, 2.75) is 25.3 Å². The van der Waals surface area contributed by atoms with Crippen LogP contribution in [0.25, 0.3) is 0 Å². The first kappa shape index (κ1) is 24.0. The van der Waals surface area contributed by atoms with E-state index in [-0.39, 0.29) is 12.3 Å². The molecule has 0 saturated carbocycles. The molecule has 0 aromatic heterocycles. The van der Waals surface area contributed by atoms with Gasteiger partial charge in [0.05, 0.1) is 12.5 Å². The Balaban J connectivity index is 1.30. The predicted molar refractivity (Wildman–Crippen MR) is 135 cm³/mol. The molecule has 1 unspecified atom stereocenters. The maximum absolute atomic E-state index is 12.7. The Labute approximate surface area is 205 Å². The lowest BCUT2D eigenvalue weighted by molar-refractivity contribution is -0.147. The maximum atomic E-state index is 12.7. The van der Waals surface area contributed by atoms with E-state index in [0.29, 0.717) is 11.3 Å². The highest BCUT2D eigenvalue weighted by molar-refractivity contribution is 5.95. The normalized spacial score (nSPS) is 13.7. The van der Waals surface area contributed by atoms with Gasteiger partial charge in [0.1, 0.15) is 0 Å². The molecule has 0 spiro atoms. The summed E-state index contributed by atoms with van der Waals surface area (Å²) in [7, 11) is 0. The number of esters is 1. The average Bonchev–Trinajstić information content (AvgIpc) is 3.44. The van der Waals surface area contributed by atoms with E-state index in [1.165, 1.54) is 12.8 Å². The topological polar surface area (TPSA) is 87.7 Å². The van der Waals surface area contributed by atoms with Crippen molar-refractivity contribution in [1.29, 1.82) is 0 Å². The zero-order valence-electron chi connectivity index (χ0n) is 19.5. The van der Waals surface area contributed by atoms with Gasteiger partial charge in [-0.25, -0.2) is 0 Å². The highest BCUT2D eigenvalue weighted by Crippen LogP contribution is 2.22. The highest BCUT2D eigenvalue weighted by Gasteiger charge is 2.21. The maximum Gasteiger partial charge on any atom is 0.308 e. The first-order valence-corrected chi connectivity index (χ1v) is 11.8. The van der Waals surface area contributed by atoms with E-state index in [1.54, 1.807) is 24.3 Å². The fraction of sp³-hybridized carbons (Fsp3) is 0.250. The molecule has 1 fully saturated rings. The number of nitrogens with one attached hydrogen (secondary N) is 2. The van der Waals surface area contributed by atoms with Gasteiger partial charge in [-0.05, 0) is 54.8 Å². The van der Waals surface area contributed by atoms with Crippen molar-refractivity contribution in [1.82, 2.24) is 5.32 Å². The van der Waals surface area contributed by atoms with Gasteiger partial charge in [0, 0.05) is 30.0 Å². The molecular weight excluding hydrogens is 442 g/mol. The molecule has 3 aromatic carbocycles. The molecule has 0 bridgehead atoms. The summed E-state index contributed by atoms with van der Waals surface area (Å²) in [5.41, 5.74) is 3.05. The summed E-state index contributed by atoms with van der Waals surface area (Å²) < 4.78 is 5.21. The lowest BCUT2D eigenvalue weighted by Gasteiger charge is -2.19. The third-order valence-electron chi connectivity index (χ3n) is 5.90. The van der Waals surface area contributed by atoms with Crippen molar-refractivity contribution in [2.24, 2.45) is 0 Å². The molecule has 7 heteroatoms. The zero-order chi connectivity index (χ0) is 24.5. The number of hydrogen-bond donors (Lipinski definition) is 2. The van der Waals surface area contributed by atoms with Crippen molar-refractivity contribution < 1.29 is 19.1 Å². The summed E-state index contributed by atoms with van der Waals surface area (Å²) in [6.45, 7) is 1.70. The van der Waals surface area contributed by atoms with Crippen molar-refractivity contribution >= 4 is 29.2 Å². The summed E-state index contributed by atoms with van der Waals surface area (Å²) in [5.74, 6) is -1.29. The molecule has 3 aromatic rings. The van der Waals surface area contributed by atoms with Crippen molar-refractivity contribution in [3.05, 3.63) is 96.1 Å². The number of carbonyl (C=O) groups is 3. The van der Waals surface area contributed by atoms with Gasteiger partial charge in [0.2, 0.25) is 0 Å². The lowest BCUT2D eigenvalue weighted by atomic mass is 10.0. The molecule has 35 heavy (non-hydrogen) atoms. The van der Waals surface area contributed by atoms with E-state index in [1.807, 2.05) is 60.7 Å². The van der Waals surface area contributed by atoms with Gasteiger partial charge in [0.25, 0.3) is 11.8 Å². The predicted octanol–water partition coefficient (Wildman–Crippen LogP) is 4.33. The largest absolute Gasteiger partial charge is 0.455 e. The number of hydrogen-bond acceptors (Lipinski definition) is 5. The third-order valence-corrected chi connectivity index (χ3v) is 5.90. The van der Waals surface area contributed by atoms with Crippen molar-refractivity contribution in [2.75, 3.05) is 29.9 Å². The fourth-order valence-corrected chi connectivity index (χ4v) is 4.07. The second kappa shape index (κ2) is 11.8. The van der Waals surface area contributed by atoms with Gasteiger partial charge in [-0.3, -0.25) is 14.4 Å². The van der Waals surface area contributed by atoms with Gasteiger partial charge in [-0.1, -0.05) is 48.5 Å². The minimum Gasteiger partial charge on any atom is -0.455 e. The van der Waals surface area contributed by atoms with E-state index >= 15 is 0 Å². The molecule has 2 amide bonds. The van der Waals surface area contributed by atoms with Crippen molar-refractivity contribution in [3.63, 3.8) is 0 Å². The number of ether oxygens (including phenoxy) is 1. The Kier molecular flexibility index (Phi) is 8.12. The van der Waals surface area contributed by atoms with Crippen molar-refractivity contribution in [3.8, 4) is 0 Å². The van der Waals surface area contributed by atoms with Crippen LogP contribution in [-0.2, 0) is 14.3 Å². The monoisotopic (exact) mass is 471 g/mol. The smallest absolute Gasteiger partial charge is 0.308 e. The van der Waals surface area contributed by atoms with Crippen LogP contribution in [-0.4, -0.2) is 37.5 Å². The SMILES string of the molecule is O=C(COC(=O)CC(NC(=O)c1ccccc1)c1ccccc1)Nc1ccc(N2CCCC2)cc1. The Morgan fingerprint density at radius 3 is 2.11 bits per heavy atom. The minimum atomic E-state index is -0.586. The average molecular weight is 472 g/mol. The van der Waals surface area contributed by atoms with E-state index in [2.05, 4.69) is 15.5 Å². The highest BCUT2D eigenvalue weighted by atomic mass is 16.5. The molecular formula is C28H29N3O4. The number of carbonyl (C=O) groups excluding carboxylic acids is 3. The number of anilines is 2. The van der Waals surface area contributed by atoms with E-state index in [0.717, 1.165) is 24.3 Å². The molecule has 0 aliphatic carbocycles. The number of amides is 2. The first-order chi connectivity index (χ1) is 17.1. The number of nitrogens with zero attached hydrogens (tertiary/aromatic N) is 1. The van der Waals surface area contributed by atoms with Crippen LogP contribution in [0, 0.1) is 0 Å².